The van der Waals surface area contributed by atoms with E-state index in [-0.39, 0.29) is 18.1 Å². The van der Waals surface area contributed by atoms with Gasteiger partial charge in [0.05, 0.1) is 24.9 Å². The van der Waals surface area contributed by atoms with Crippen LogP contribution in [0.25, 0.3) is 0 Å². The fourth-order valence-electron chi connectivity index (χ4n) is 4.75. The maximum Gasteiger partial charge on any atom is 0.254 e. The third-order valence-electron chi connectivity index (χ3n) is 5.94. The van der Waals surface area contributed by atoms with E-state index >= 15 is 0 Å². The highest BCUT2D eigenvalue weighted by atomic mass is 16.5. The van der Waals surface area contributed by atoms with E-state index in [0.717, 1.165) is 24.3 Å². The molecule has 6 nitrogen and oxygen atoms in total. The highest BCUT2D eigenvalue weighted by molar-refractivity contribution is 5.98. The minimum Gasteiger partial charge on any atom is -0.494 e. The summed E-state index contributed by atoms with van der Waals surface area (Å²) in [7, 11) is 5.24. The number of hydrogen-bond donors (Lipinski definition) is 3. The molecule has 2 aliphatic carbocycles. The van der Waals surface area contributed by atoms with Gasteiger partial charge in [0.15, 0.2) is 0 Å². The maximum atomic E-state index is 13.0. The normalized spacial score (nSPS) is 33.4. The Bertz CT molecular complexity index is 637. The summed E-state index contributed by atoms with van der Waals surface area (Å²) in [5.74, 6) is 2.16. The van der Waals surface area contributed by atoms with Gasteiger partial charge >= 0.3 is 0 Å². The summed E-state index contributed by atoms with van der Waals surface area (Å²) in [4.78, 5) is 14.9. The van der Waals surface area contributed by atoms with Gasteiger partial charge in [-0.3, -0.25) is 4.79 Å². The van der Waals surface area contributed by atoms with Gasteiger partial charge in [-0.15, -0.1) is 0 Å². The molecular weight excluding hydrogens is 294 g/mol. The molecule has 1 saturated heterocycles. The number of carbonyl (C=O) groups excluding carboxylic acids is 1. The third-order valence-corrected chi connectivity index (χ3v) is 5.94. The van der Waals surface area contributed by atoms with Crippen LogP contribution in [-0.2, 0) is 0 Å². The van der Waals surface area contributed by atoms with Crippen molar-refractivity contribution in [1.29, 1.82) is 0 Å². The molecule has 0 spiro atoms. The number of nitrogens with zero attached hydrogens (tertiary/aromatic N) is 1. The number of ether oxygens (including phenoxy) is 1. The average Bonchev–Trinajstić information content (AvgIpc) is 2.70. The first-order valence-electron chi connectivity index (χ1n) is 8.17. The number of methoxy groups -OCH3 is 1. The van der Waals surface area contributed by atoms with Crippen LogP contribution in [0.4, 0.5) is 11.4 Å². The summed E-state index contributed by atoms with van der Waals surface area (Å²) in [5, 5.41) is 16.4. The summed E-state index contributed by atoms with van der Waals surface area (Å²) in [6.45, 7) is 0.771. The Balaban J connectivity index is 1.66. The van der Waals surface area contributed by atoms with E-state index < -0.39 is 0 Å². The number of likely N-dealkylation sites (tertiary alicyclic amines) is 1. The lowest BCUT2D eigenvalue weighted by Crippen LogP contribution is -2.64. The minimum atomic E-state index is -0.343. The fourth-order valence-corrected chi connectivity index (χ4v) is 4.75. The molecule has 1 aliphatic heterocycles. The highest BCUT2D eigenvalue weighted by Gasteiger charge is 2.67. The van der Waals surface area contributed by atoms with Crippen LogP contribution in [0.15, 0.2) is 12.1 Å². The van der Waals surface area contributed by atoms with Gasteiger partial charge in [-0.05, 0) is 36.3 Å². The molecular formula is C17H23N3O3. The second-order valence-corrected chi connectivity index (χ2v) is 6.78. The van der Waals surface area contributed by atoms with Gasteiger partial charge in [0.2, 0.25) is 0 Å². The van der Waals surface area contributed by atoms with Crippen molar-refractivity contribution in [2.24, 2.45) is 17.8 Å². The predicted molar refractivity (Wildman–Crippen MR) is 88.0 cm³/mol. The monoisotopic (exact) mass is 317 g/mol. The maximum absolute atomic E-state index is 13.0. The standard InChI is InChI=1S/C17H23N3O3/c1-18-11-5-8(6-12(23-3)14(11)19-2)17(22)20-7-9-4-10-13(9)15(20)16(10)21/h5-6,9-10,13,15-16,18-19,21H,4,7H2,1-3H3/t9-,10?,13+,15+,16+/m1/s1. The van der Waals surface area contributed by atoms with Crippen LogP contribution >= 0.6 is 0 Å². The number of anilines is 2. The number of rotatable bonds is 4. The molecule has 2 saturated carbocycles. The van der Waals surface area contributed by atoms with Crippen molar-refractivity contribution in [2.45, 2.75) is 18.6 Å². The molecule has 1 aromatic rings. The van der Waals surface area contributed by atoms with E-state index in [9.17, 15) is 9.90 Å². The Morgan fingerprint density at radius 2 is 2.13 bits per heavy atom. The van der Waals surface area contributed by atoms with Gasteiger partial charge in [-0.25, -0.2) is 0 Å². The SMILES string of the molecule is CNc1cc(C(=O)N2C[C@H]3CC4[C@H]3[C@H]2[C@H]4O)cc(OC)c1NC. The second kappa shape index (κ2) is 5.03. The van der Waals surface area contributed by atoms with Crippen LogP contribution < -0.4 is 15.4 Å². The molecule has 6 heteroatoms. The van der Waals surface area contributed by atoms with Gasteiger partial charge < -0.3 is 25.4 Å². The first kappa shape index (κ1) is 14.6. The van der Waals surface area contributed by atoms with E-state index in [1.54, 1.807) is 13.2 Å². The fraction of sp³-hybridized carbons (Fsp3) is 0.588. The largest absolute Gasteiger partial charge is 0.494 e. The molecule has 1 amide bonds. The molecule has 0 aromatic heterocycles. The van der Waals surface area contributed by atoms with Crippen LogP contribution in [-0.4, -0.2) is 55.8 Å². The molecule has 23 heavy (non-hydrogen) atoms. The van der Waals surface area contributed by atoms with Crippen LogP contribution in [0.1, 0.15) is 16.8 Å². The van der Waals surface area contributed by atoms with Crippen molar-refractivity contribution in [1.82, 2.24) is 4.90 Å². The number of aliphatic hydroxyl groups is 1. The summed E-state index contributed by atoms with van der Waals surface area (Å²) >= 11 is 0. The van der Waals surface area contributed by atoms with Gasteiger partial charge in [-0.2, -0.15) is 0 Å². The smallest absolute Gasteiger partial charge is 0.254 e. The van der Waals surface area contributed by atoms with Gasteiger partial charge in [-0.1, -0.05) is 0 Å². The van der Waals surface area contributed by atoms with Crippen LogP contribution in [0.5, 0.6) is 5.75 Å². The quantitative estimate of drug-likeness (QED) is 0.779. The zero-order valence-electron chi connectivity index (χ0n) is 13.7. The summed E-state index contributed by atoms with van der Waals surface area (Å²) < 4.78 is 5.42. The Kier molecular flexibility index (Phi) is 3.20. The lowest BCUT2D eigenvalue weighted by Gasteiger charge is -2.56. The van der Waals surface area contributed by atoms with Crippen molar-refractivity contribution in [2.75, 3.05) is 38.4 Å². The molecule has 3 N–H and O–H groups in total. The van der Waals surface area contributed by atoms with Crippen molar-refractivity contribution in [3.8, 4) is 5.75 Å². The summed E-state index contributed by atoms with van der Waals surface area (Å²) in [6.07, 6.45) is 0.723. The topological polar surface area (TPSA) is 73.8 Å². The molecule has 0 bridgehead atoms. The molecule has 4 rings (SSSR count). The van der Waals surface area contributed by atoms with Crippen molar-refractivity contribution in [3.63, 3.8) is 0 Å². The zero-order valence-corrected chi connectivity index (χ0v) is 13.7. The van der Waals surface area contributed by atoms with Crippen molar-refractivity contribution < 1.29 is 14.6 Å². The first-order valence-corrected chi connectivity index (χ1v) is 8.17. The van der Waals surface area contributed by atoms with Gasteiger partial charge in [0.25, 0.3) is 5.91 Å². The number of nitrogens with one attached hydrogen (secondary N) is 2. The lowest BCUT2D eigenvalue weighted by atomic mass is 9.51. The van der Waals surface area contributed by atoms with Gasteiger partial charge in [0.1, 0.15) is 11.4 Å². The minimum absolute atomic E-state index is 0.0132. The van der Waals surface area contributed by atoms with Gasteiger partial charge in [0, 0.05) is 26.2 Å². The Morgan fingerprint density at radius 1 is 1.35 bits per heavy atom. The van der Waals surface area contributed by atoms with Crippen molar-refractivity contribution >= 4 is 17.3 Å². The number of benzene rings is 1. The molecule has 1 unspecified atom stereocenters. The lowest BCUT2D eigenvalue weighted by molar-refractivity contribution is -0.144. The molecule has 124 valence electrons. The number of amides is 1. The zero-order chi connectivity index (χ0) is 16.3. The molecule has 3 fully saturated rings. The van der Waals surface area contributed by atoms with Crippen molar-refractivity contribution in [3.05, 3.63) is 17.7 Å². The Hall–Kier alpha value is -1.95. The van der Waals surface area contributed by atoms with E-state index in [4.69, 9.17) is 4.74 Å². The molecule has 1 heterocycles. The molecule has 0 radical (unpaired) electrons. The van der Waals surface area contributed by atoms with E-state index in [0.29, 0.717) is 29.1 Å². The summed E-state index contributed by atoms with van der Waals surface area (Å²) in [5.41, 5.74) is 2.25. The van der Waals surface area contributed by atoms with E-state index in [1.807, 2.05) is 25.1 Å². The highest BCUT2D eigenvalue weighted by Crippen LogP contribution is 2.60. The number of carbonyl (C=O) groups is 1. The van der Waals surface area contributed by atoms with Crippen LogP contribution in [0.2, 0.25) is 0 Å². The Labute approximate surface area is 135 Å². The number of aliphatic hydroxyl groups excluding tert-OH is 1. The Morgan fingerprint density at radius 3 is 2.78 bits per heavy atom. The molecule has 5 atom stereocenters. The number of hydrogen-bond acceptors (Lipinski definition) is 5. The van der Waals surface area contributed by atoms with Crippen LogP contribution in [0.3, 0.4) is 0 Å². The molecule has 1 aromatic carbocycles. The molecule has 3 aliphatic rings. The predicted octanol–water partition coefficient (Wildman–Crippen LogP) is 1.23. The van der Waals surface area contributed by atoms with E-state index in [1.165, 1.54) is 0 Å². The van der Waals surface area contributed by atoms with Crippen LogP contribution in [0, 0.1) is 17.8 Å². The second-order valence-electron chi connectivity index (χ2n) is 6.78. The first-order chi connectivity index (χ1) is 11.1. The third kappa shape index (κ3) is 1.81. The summed E-state index contributed by atoms with van der Waals surface area (Å²) in [6, 6.07) is 3.64. The average molecular weight is 317 g/mol. The van der Waals surface area contributed by atoms with E-state index in [2.05, 4.69) is 10.6 Å².